The van der Waals surface area contributed by atoms with Crippen LogP contribution in [0.5, 0.6) is 0 Å². The Bertz CT molecular complexity index is 297. The van der Waals surface area contributed by atoms with Crippen LogP contribution in [0.2, 0.25) is 0 Å². The van der Waals surface area contributed by atoms with E-state index in [1.54, 1.807) is 0 Å². The van der Waals surface area contributed by atoms with Gasteiger partial charge >= 0.3 is 0 Å². The standard InChI is InChI=1S/C11H17N3.CH4/c1-2-9-3-5-10(6-4-9)7-8-14-11(12)13;/h3-6H,2,7-8H2,1H3,(H4,12,13,14);1H4. The number of nitrogens with two attached hydrogens (primary N) is 2. The van der Waals surface area contributed by atoms with Crippen molar-refractivity contribution in [2.75, 3.05) is 6.54 Å². The molecule has 15 heavy (non-hydrogen) atoms. The summed E-state index contributed by atoms with van der Waals surface area (Å²) in [6.07, 6.45) is 1.97. The van der Waals surface area contributed by atoms with Crippen LogP contribution in [0.4, 0.5) is 0 Å². The van der Waals surface area contributed by atoms with Crippen LogP contribution in [-0.2, 0) is 12.8 Å². The Morgan fingerprint density at radius 1 is 1.13 bits per heavy atom. The molecule has 0 spiro atoms. The van der Waals surface area contributed by atoms with E-state index in [2.05, 4.69) is 36.2 Å². The fourth-order valence-electron chi connectivity index (χ4n) is 1.26. The molecule has 4 N–H and O–H groups in total. The molecule has 0 aliphatic heterocycles. The van der Waals surface area contributed by atoms with Gasteiger partial charge in [0.2, 0.25) is 0 Å². The molecule has 0 aromatic heterocycles. The van der Waals surface area contributed by atoms with Gasteiger partial charge in [-0.1, -0.05) is 38.6 Å². The smallest absolute Gasteiger partial charge is 0.185 e. The summed E-state index contributed by atoms with van der Waals surface area (Å²) in [5, 5.41) is 0. The minimum atomic E-state index is 0. The van der Waals surface area contributed by atoms with Gasteiger partial charge in [-0.05, 0) is 24.0 Å². The molecule has 0 saturated heterocycles. The maximum atomic E-state index is 5.23. The third-order valence-electron chi connectivity index (χ3n) is 2.13. The number of hydrogen-bond donors (Lipinski definition) is 2. The Hall–Kier alpha value is -1.51. The van der Waals surface area contributed by atoms with E-state index in [0.717, 1.165) is 12.8 Å². The summed E-state index contributed by atoms with van der Waals surface area (Å²) in [6.45, 7) is 2.81. The van der Waals surface area contributed by atoms with Crippen LogP contribution in [0.15, 0.2) is 29.3 Å². The quantitative estimate of drug-likeness (QED) is 0.583. The maximum absolute atomic E-state index is 5.23. The van der Waals surface area contributed by atoms with E-state index in [1.165, 1.54) is 11.1 Å². The van der Waals surface area contributed by atoms with Crippen molar-refractivity contribution >= 4 is 5.96 Å². The molecule has 1 rings (SSSR count). The molecular formula is C12H21N3. The van der Waals surface area contributed by atoms with E-state index in [9.17, 15) is 0 Å². The van der Waals surface area contributed by atoms with E-state index in [-0.39, 0.29) is 13.4 Å². The molecular weight excluding hydrogens is 186 g/mol. The van der Waals surface area contributed by atoms with Crippen molar-refractivity contribution in [3.05, 3.63) is 35.4 Å². The van der Waals surface area contributed by atoms with Crippen LogP contribution in [0, 0.1) is 0 Å². The lowest BCUT2D eigenvalue weighted by molar-refractivity contribution is 0.959. The summed E-state index contributed by atoms with van der Waals surface area (Å²) in [5.74, 6) is 0.162. The van der Waals surface area contributed by atoms with Gasteiger partial charge in [0, 0.05) is 6.54 Å². The van der Waals surface area contributed by atoms with Crippen molar-refractivity contribution in [3.8, 4) is 0 Å². The summed E-state index contributed by atoms with van der Waals surface area (Å²) >= 11 is 0. The Labute approximate surface area is 92.2 Å². The molecule has 0 aliphatic carbocycles. The number of guanidine groups is 1. The molecule has 1 aromatic carbocycles. The van der Waals surface area contributed by atoms with Gasteiger partial charge in [0.15, 0.2) is 5.96 Å². The number of rotatable bonds is 4. The van der Waals surface area contributed by atoms with Crippen LogP contribution in [-0.4, -0.2) is 12.5 Å². The number of aliphatic imine (C=N–C) groups is 1. The Morgan fingerprint density at radius 3 is 2.13 bits per heavy atom. The minimum Gasteiger partial charge on any atom is -0.370 e. The first-order valence-corrected chi connectivity index (χ1v) is 4.85. The lowest BCUT2D eigenvalue weighted by Crippen LogP contribution is -2.23. The van der Waals surface area contributed by atoms with E-state index < -0.39 is 0 Å². The summed E-state index contributed by atoms with van der Waals surface area (Å²) in [7, 11) is 0. The zero-order chi connectivity index (χ0) is 10.4. The van der Waals surface area contributed by atoms with Gasteiger partial charge in [-0.15, -0.1) is 0 Å². The van der Waals surface area contributed by atoms with Gasteiger partial charge in [0.1, 0.15) is 0 Å². The molecule has 0 aliphatic rings. The molecule has 84 valence electrons. The first kappa shape index (κ1) is 13.5. The first-order chi connectivity index (χ1) is 6.72. The zero-order valence-corrected chi connectivity index (χ0v) is 8.53. The number of nitrogens with zero attached hydrogens (tertiary/aromatic N) is 1. The molecule has 0 saturated carbocycles. The number of hydrogen-bond acceptors (Lipinski definition) is 1. The lowest BCUT2D eigenvalue weighted by Gasteiger charge is -2.00. The maximum Gasteiger partial charge on any atom is 0.185 e. The van der Waals surface area contributed by atoms with Gasteiger partial charge in [0.25, 0.3) is 0 Å². The molecule has 0 heterocycles. The van der Waals surface area contributed by atoms with Crippen molar-refractivity contribution in [1.82, 2.24) is 0 Å². The second-order valence-corrected chi connectivity index (χ2v) is 3.23. The summed E-state index contributed by atoms with van der Waals surface area (Å²) in [4.78, 5) is 3.93. The number of aryl methyl sites for hydroxylation is 1. The van der Waals surface area contributed by atoms with Crippen LogP contribution < -0.4 is 11.5 Å². The van der Waals surface area contributed by atoms with Gasteiger partial charge in [-0.2, -0.15) is 0 Å². The summed E-state index contributed by atoms with van der Waals surface area (Å²) < 4.78 is 0. The van der Waals surface area contributed by atoms with Crippen molar-refractivity contribution in [2.45, 2.75) is 27.2 Å². The molecule has 3 heteroatoms. The van der Waals surface area contributed by atoms with Crippen LogP contribution in [0.25, 0.3) is 0 Å². The molecule has 0 unspecified atom stereocenters. The summed E-state index contributed by atoms with van der Waals surface area (Å²) in [5.41, 5.74) is 13.1. The molecule has 0 bridgehead atoms. The molecule has 0 atom stereocenters. The monoisotopic (exact) mass is 207 g/mol. The lowest BCUT2D eigenvalue weighted by atomic mass is 10.1. The highest BCUT2D eigenvalue weighted by Crippen LogP contribution is 2.05. The third-order valence-corrected chi connectivity index (χ3v) is 2.13. The van der Waals surface area contributed by atoms with Crippen LogP contribution in [0.1, 0.15) is 25.5 Å². The van der Waals surface area contributed by atoms with E-state index in [1.807, 2.05) is 0 Å². The van der Waals surface area contributed by atoms with Crippen molar-refractivity contribution in [1.29, 1.82) is 0 Å². The zero-order valence-electron chi connectivity index (χ0n) is 8.53. The van der Waals surface area contributed by atoms with E-state index in [0.29, 0.717) is 6.54 Å². The van der Waals surface area contributed by atoms with Gasteiger partial charge in [0.05, 0.1) is 0 Å². The van der Waals surface area contributed by atoms with Crippen LogP contribution in [0.3, 0.4) is 0 Å². The van der Waals surface area contributed by atoms with Gasteiger partial charge in [-0.25, -0.2) is 0 Å². The normalized spacial score (nSPS) is 9.13. The average Bonchev–Trinajstić information content (AvgIpc) is 2.18. The SMILES string of the molecule is C.CCc1ccc(CCN=C(N)N)cc1. The first-order valence-electron chi connectivity index (χ1n) is 4.85. The van der Waals surface area contributed by atoms with Gasteiger partial charge in [-0.3, -0.25) is 4.99 Å². The highest BCUT2D eigenvalue weighted by molar-refractivity contribution is 5.75. The minimum absolute atomic E-state index is 0. The van der Waals surface area contributed by atoms with Gasteiger partial charge < -0.3 is 11.5 Å². The second-order valence-electron chi connectivity index (χ2n) is 3.23. The molecule has 0 fully saturated rings. The predicted octanol–water partition coefficient (Wildman–Crippen LogP) is 1.70. The molecule has 3 nitrogen and oxygen atoms in total. The average molecular weight is 207 g/mol. The van der Waals surface area contributed by atoms with Crippen molar-refractivity contribution in [3.63, 3.8) is 0 Å². The van der Waals surface area contributed by atoms with Crippen molar-refractivity contribution in [2.24, 2.45) is 16.5 Å². The third kappa shape index (κ3) is 5.05. The van der Waals surface area contributed by atoms with E-state index in [4.69, 9.17) is 11.5 Å². The van der Waals surface area contributed by atoms with Crippen LogP contribution >= 0.6 is 0 Å². The highest BCUT2D eigenvalue weighted by Gasteiger charge is 1.92. The van der Waals surface area contributed by atoms with E-state index >= 15 is 0 Å². The molecule has 0 amide bonds. The predicted molar refractivity (Wildman–Crippen MR) is 66.9 cm³/mol. The Morgan fingerprint density at radius 2 is 1.67 bits per heavy atom. The topological polar surface area (TPSA) is 64.4 Å². The molecule has 0 radical (unpaired) electrons. The van der Waals surface area contributed by atoms with Crippen molar-refractivity contribution < 1.29 is 0 Å². The number of benzene rings is 1. The summed E-state index contributed by atoms with van der Waals surface area (Å²) in [6, 6.07) is 8.54. The largest absolute Gasteiger partial charge is 0.370 e. The fraction of sp³-hybridized carbons (Fsp3) is 0.417. The Balaban J connectivity index is 0.00000196. The fourth-order valence-corrected chi connectivity index (χ4v) is 1.26. The Kier molecular flexibility index (Phi) is 6.18. The second kappa shape index (κ2) is 6.87. The molecule has 1 aromatic rings. The highest BCUT2D eigenvalue weighted by atomic mass is 15.0.